The maximum Gasteiger partial charge on any atom is 0.270 e. The third-order valence-corrected chi connectivity index (χ3v) is 5.34. The maximum absolute atomic E-state index is 12.7. The number of hydrogen-bond acceptors (Lipinski definition) is 3. The molecule has 24 heavy (non-hydrogen) atoms. The second kappa shape index (κ2) is 6.07. The standard InChI is InChI=1S/C19H23N3O2/c1-20-9-4-7-16(20)19(24)22-12-17(18(23)13-22)21-10-8-14-5-2-3-6-15(14)11-21/h2-7,9,17-18,23H,8,10-13H2,1H3/t17-,18-/m1/s1. The summed E-state index contributed by atoms with van der Waals surface area (Å²) in [6.45, 7) is 2.79. The van der Waals surface area contributed by atoms with E-state index in [1.54, 1.807) is 4.90 Å². The van der Waals surface area contributed by atoms with Crippen LogP contribution in [-0.4, -0.2) is 57.2 Å². The van der Waals surface area contributed by atoms with E-state index >= 15 is 0 Å². The van der Waals surface area contributed by atoms with Crippen LogP contribution in [0.25, 0.3) is 0 Å². The number of fused-ring (bicyclic) bond motifs is 1. The number of carbonyl (C=O) groups is 1. The number of amides is 1. The average molecular weight is 325 g/mol. The summed E-state index contributed by atoms with van der Waals surface area (Å²) in [5.41, 5.74) is 3.41. The molecule has 0 saturated carbocycles. The predicted molar refractivity (Wildman–Crippen MR) is 91.7 cm³/mol. The zero-order valence-corrected chi connectivity index (χ0v) is 13.9. The number of aryl methyl sites for hydroxylation is 1. The third-order valence-electron chi connectivity index (χ3n) is 5.34. The van der Waals surface area contributed by atoms with E-state index in [1.807, 2.05) is 29.9 Å². The van der Waals surface area contributed by atoms with E-state index in [1.165, 1.54) is 11.1 Å². The third kappa shape index (κ3) is 2.64. The van der Waals surface area contributed by atoms with Crippen molar-refractivity contribution in [1.29, 1.82) is 0 Å². The van der Waals surface area contributed by atoms with Gasteiger partial charge in [-0.1, -0.05) is 24.3 Å². The Morgan fingerprint density at radius 3 is 2.67 bits per heavy atom. The Morgan fingerprint density at radius 1 is 1.12 bits per heavy atom. The summed E-state index contributed by atoms with van der Waals surface area (Å²) in [6, 6.07) is 12.2. The summed E-state index contributed by atoms with van der Waals surface area (Å²) < 4.78 is 1.83. The van der Waals surface area contributed by atoms with Crippen LogP contribution in [0.4, 0.5) is 0 Å². The SMILES string of the molecule is Cn1cccc1C(=O)N1C[C@@H](O)[C@H](N2CCc3ccccc3C2)C1. The second-order valence-electron chi connectivity index (χ2n) is 6.84. The van der Waals surface area contributed by atoms with Crippen LogP contribution in [0.5, 0.6) is 0 Å². The first-order valence-corrected chi connectivity index (χ1v) is 8.53. The minimum atomic E-state index is -0.487. The molecule has 0 aliphatic carbocycles. The van der Waals surface area contributed by atoms with Gasteiger partial charge in [0.1, 0.15) is 5.69 Å². The van der Waals surface area contributed by atoms with Crippen molar-refractivity contribution in [3.05, 3.63) is 59.4 Å². The summed E-state index contributed by atoms with van der Waals surface area (Å²) >= 11 is 0. The predicted octanol–water partition coefficient (Wildman–Crippen LogP) is 1.27. The molecule has 5 nitrogen and oxygen atoms in total. The maximum atomic E-state index is 12.7. The first-order chi connectivity index (χ1) is 11.6. The van der Waals surface area contributed by atoms with Crippen molar-refractivity contribution in [2.24, 2.45) is 7.05 Å². The highest BCUT2D eigenvalue weighted by Crippen LogP contribution is 2.25. The molecular weight excluding hydrogens is 302 g/mol. The number of β-amino-alcohol motifs (C(OH)–C–C–N with tert-alkyl or cyclic N) is 1. The van der Waals surface area contributed by atoms with E-state index in [2.05, 4.69) is 29.2 Å². The van der Waals surface area contributed by atoms with Crippen molar-refractivity contribution >= 4 is 5.91 Å². The molecule has 0 bridgehead atoms. The summed E-state index contributed by atoms with van der Waals surface area (Å²) in [7, 11) is 1.87. The topological polar surface area (TPSA) is 48.7 Å². The molecule has 1 saturated heterocycles. The Labute approximate surface area is 142 Å². The number of hydrogen-bond donors (Lipinski definition) is 1. The van der Waals surface area contributed by atoms with Crippen LogP contribution in [0.3, 0.4) is 0 Å². The molecule has 0 radical (unpaired) electrons. The Kier molecular flexibility index (Phi) is 3.90. The molecule has 4 rings (SSSR count). The molecular formula is C19H23N3O2. The van der Waals surface area contributed by atoms with Crippen molar-refractivity contribution in [1.82, 2.24) is 14.4 Å². The van der Waals surface area contributed by atoms with Gasteiger partial charge in [-0.15, -0.1) is 0 Å². The summed E-state index contributed by atoms with van der Waals surface area (Å²) in [5, 5.41) is 10.5. The van der Waals surface area contributed by atoms with Gasteiger partial charge in [0.25, 0.3) is 5.91 Å². The van der Waals surface area contributed by atoms with Crippen LogP contribution in [0.1, 0.15) is 21.6 Å². The zero-order chi connectivity index (χ0) is 16.7. The number of benzene rings is 1. The number of aromatic nitrogens is 1. The van der Waals surface area contributed by atoms with Crippen molar-refractivity contribution in [3.63, 3.8) is 0 Å². The van der Waals surface area contributed by atoms with Crippen LogP contribution >= 0.6 is 0 Å². The van der Waals surface area contributed by atoms with Crippen LogP contribution in [0.15, 0.2) is 42.6 Å². The fraction of sp³-hybridized carbons (Fsp3) is 0.421. The lowest BCUT2D eigenvalue weighted by molar-refractivity contribution is 0.0732. The van der Waals surface area contributed by atoms with Gasteiger partial charge in [0.05, 0.1) is 12.1 Å². The molecule has 2 aromatic rings. The quantitative estimate of drug-likeness (QED) is 0.905. The van der Waals surface area contributed by atoms with Gasteiger partial charge in [-0.3, -0.25) is 9.69 Å². The van der Waals surface area contributed by atoms with Gasteiger partial charge in [0.15, 0.2) is 0 Å². The fourth-order valence-electron chi connectivity index (χ4n) is 3.94. The molecule has 2 aliphatic rings. The van der Waals surface area contributed by atoms with Crippen molar-refractivity contribution in [2.45, 2.75) is 25.1 Å². The summed E-state index contributed by atoms with van der Waals surface area (Å²) in [4.78, 5) is 16.8. The lowest BCUT2D eigenvalue weighted by Crippen LogP contribution is -2.45. The molecule has 0 spiro atoms. The lowest BCUT2D eigenvalue weighted by Gasteiger charge is -2.34. The van der Waals surface area contributed by atoms with E-state index in [-0.39, 0.29) is 11.9 Å². The van der Waals surface area contributed by atoms with Crippen molar-refractivity contribution < 1.29 is 9.90 Å². The highest BCUT2D eigenvalue weighted by Gasteiger charge is 2.39. The fourth-order valence-corrected chi connectivity index (χ4v) is 3.94. The molecule has 1 amide bonds. The Bertz CT molecular complexity index is 755. The summed E-state index contributed by atoms with van der Waals surface area (Å²) in [5.74, 6) is 0.00135. The average Bonchev–Trinajstić information content (AvgIpc) is 3.19. The zero-order valence-electron chi connectivity index (χ0n) is 13.9. The largest absolute Gasteiger partial charge is 0.390 e. The van der Waals surface area contributed by atoms with Crippen molar-refractivity contribution in [2.75, 3.05) is 19.6 Å². The van der Waals surface area contributed by atoms with Gasteiger partial charge in [-0.25, -0.2) is 0 Å². The van der Waals surface area contributed by atoms with Crippen LogP contribution in [-0.2, 0) is 20.0 Å². The van der Waals surface area contributed by atoms with Crippen LogP contribution < -0.4 is 0 Å². The molecule has 1 aromatic heterocycles. The van der Waals surface area contributed by atoms with E-state index < -0.39 is 6.10 Å². The minimum Gasteiger partial charge on any atom is -0.390 e. The van der Waals surface area contributed by atoms with E-state index in [4.69, 9.17) is 0 Å². The number of carbonyl (C=O) groups excluding carboxylic acids is 1. The monoisotopic (exact) mass is 325 g/mol. The number of likely N-dealkylation sites (tertiary alicyclic amines) is 1. The van der Waals surface area contributed by atoms with E-state index in [0.29, 0.717) is 18.8 Å². The summed E-state index contributed by atoms with van der Waals surface area (Å²) in [6.07, 6.45) is 2.39. The Hall–Kier alpha value is -2.11. The second-order valence-corrected chi connectivity index (χ2v) is 6.84. The highest BCUT2D eigenvalue weighted by atomic mass is 16.3. The number of aliphatic hydroxyl groups is 1. The molecule has 2 atom stereocenters. The van der Waals surface area contributed by atoms with Gasteiger partial charge < -0.3 is 14.6 Å². The smallest absolute Gasteiger partial charge is 0.270 e. The van der Waals surface area contributed by atoms with Crippen LogP contribution in [0, 0.1) is 0 Å². The number of rotatable bonds is 2. The molecule has 0 unspecified atom stereocenters. The minimum absolute atomic E-state index is 0.00135. The normalized spacial score (nSPS) is 24.2. The number of aliphatic hydroxyl groups excluding tert-OH is 1. The molecule has 2 aliphatic heterocycles. The molecule has 126 valence electrons. The Balaban J connectivity index is 1.48. The van der Waals surface area contributed by atoms with Crippen molar-refractivity contribution in [3.8, 4) is 0 Å². The first kappa shape index (κ1) is 15.4. The highest BCUT2D eigenvalue weighted by molar-refractivity contribution is 5.93. The van der Waals surface area contributed by atoms with Crippen LogP contribution in [0.2, 0.25) is 0 Å². The molecule has 1 fully saturated rings. The van der Waals surface area contributed by atoms with Gasteiger partial charge in [-0.05, 0) is 29.7 Å². The molecule has 1 N–H and O–H groups in total. The molecule has 1 aromatic carbocycles. The van der Waals surface area contributed by atoms with E-state index in [0.717, 1.165) is 19.5 Å². The van der Waals surface area contributed by atoms with Gasteiger partial charge in [0, 0.05) is 39.4 Å². The first-order valence-electron chi connectivity index (χ1n) is 8.53. The Morgan fingerprint density at radius 2 is 1.92 bits per heavy atom. The van der Waals surface area contributed by atoms with Gasteiger partial charge in [-0.2, -0.15) is 0 Å². The van der Waals surface area contributed by atoms with Gasteiger partial charge in [0.2, 0.25) is 0 Å². The van der Waals surface area contributed by atoms with Gasteiger partial charge >= 0.3 is 0 Å². The van der Waals surface area contributed by atoms with E-state index in [9.17, 15) is 9.90 Å². The molecule has 5 heteroatoms. The number of nitrogens with zero attached hydrogens (tertiary/aromatic N) is 3. The molecule has 3 heterocycles. The lowest BCUT2D eigenvalue weighted by atomic mass is 9.98.